The summed E-state index contributed by atoms with van der Waals surface area (Å²) in [6.45, 7) is 3.12. The second-order valence-electron chi connectivity index (χ2n) is 6.33. The fourth-order valence-corrected chi connectivity index (χ4v) is 3.45. The Morgan fingerprint density at radius 3 is 2.58 bits per heavy atom. The third-order valence-corrected chi connectivity index (χ3v) is 5.27. The minimum Gasteiger partial charge on any atom is -0.493 e. The number of carbonyl (C=O) groups is 1. The van der Waals surface area contributed by atoms with Crippen LogP contribution in [0.1, 0.15) is 6.92 Å². The molecule has 164 valence electrons. The van der Waals surface area contributed by atoms with Gasteiger partial charge in [0.1, 0.15) is 12.3 Å². The summed E-state index contributed by atoms with van der Waals surface area (Å²) in [5.74, 6) is 2.22. The highest BCUT2D eigenvalue weighted by Gasteiger charge is 2.18. The van der Waals surface area contributed by atoms with E-state index in [9.17, 15) is 4.79 Å². The summed E-state index contributed by atoms with van der Waals surface area (Å²) < 4.78 is 16.3. The number of ether oxygens (including phenoxy) is 3. The fraction of sp³-hybridized carbons (Fsp3) is 0.286. The van der Waals surface area contributed by atoms with Crippen molar-refractivity contribution in [2.75, 3.05) is 38.4 Å². The monoisotopic (exact) mass is 462 g/mol. The predicted molar refractivity (Wildman–Crippen MR) is 125 cm³/mol. The van der Waals surface area contributed by atoms with Gasteiger partial charge in [0.25, 0.3) is 0 Å². The van der Waals surface area contributed by atoms with E-state index in [0.29, 0.717) is 52.1 Å². The molecule has 0 radical (unpaired) electrons. The van der Waals surface area contributed by atoms with Gasteiger partial charge >= 0.3 is 0 Å². The molecule has 8 nitrogen and oxygen atoms in total. The molecule has 1 aliphatic heterocycles. The summed E-state index contributed by atoms with van der Waals surface area (Å²) in [5, 5.41) is 10.2. The lowest BCUT2D eigenvalue weighted by Gasteiger charge is -2.23. The zero-order valence-corrected chi connectivity index (χ0v) is 19.0. The molecule has 1 aliphatic rings. The average Bonchev–Trinajstić information content (AvgIpc) is 2.79. The van der Waals surface area contributed by atoms with E-state index in [-0.39, 0.29) is 11.7 Å². The zero-order valence-electron chi connectivity index (χ0n) is 17.4. The Labute approximate surface area is 190 Å². The number of carbonyl (C=O) groups excluding carboxylic acids is 1. The van der Waals surface area contributed by atoms with Crippen LogP contribution in [0.3, 0.4) is 0 Å². The Balaban J connectivity index is 1.61. The summed E-state index contributed by atoms with van der Waals surface area (Å²) in [6, 6.07) is 12.2. The normalized spacial score (nSPS) is 13.2. The van der Waals surface area contributed by atoms with Crippen LogP contribution in [0.15, 0.2) is 52.6 Å². The number of halogens is 1. The van der Waals surface area contributed by atoms with Crippen LogP contribution in [0.4, 0.5) is 5.69 Å². The molecule has 0 aromatic heterocycles. The van der Waals surface area contributed by atoms with Crippen LogP contribution in [0, 0.1) is 0 Å². The van der Waals surface area contributed by atoms with Gasteiger partial charge in [-0.15, -0.1) is 5.10 Å². The fourth-order valence-electron chi connectivity index (χ4n) is 2.66. The Morgan fingerprint density at radius 2 is 1.90 bits per heavy atom. The molecule has 0 fully saturated rings. The van der Waals surface area contributed by atoms with Crippen LogP contribution in [0.2, 0.25) is 5.02 Å². The van der Waals surface area contributed by atoms with Crippen LogP contribution in [-0.4, -0.2) is 55.0 Å². The topological polar surface area (TPSA) is 84.8 Å². The van der Waals surface area contributed by atoms with E-state index in [1.807, 2.05) is 11.9 Å². The molecule has 0 saturated heterocycles. The highest BCUT2D eigenvalue weighted by molar-refractivity contribution is 8.14. The van der Waals surface area contributed by atoms with Crippen molar-refractivity contribution in [3.8, 4) is 17.2 Å². The van der Waals surface area contributed by atoms with Crippen LogP contribution in [-0.2, 0) is 4.79 Å². The van der Waals surface area contributed by atoms with Crippen LogP contribution in [0.5, 0.6) is 17.2 Å². The van der Waals surface area contributed by atoms with E-state index >= 15 is 0 Å². The summed E-state index contributed by atoms with van der Waals surface area (Å²) in [4.78, 5) is 16.8. The van der Waals surface area contributed by atoms with Gasteiger partial charge in [-0.05, 0) is 43.3 Å². The first-order chi connectivity index (χ1) is 15.0. The number of benzene rings is 2. The van der Waals surface area contributed by atoms with Crippen molar-refractivity contribution in [1.29, 1.82) is 0 Å². The lowest BCUT2D eigenvalue weighted by molar-refractivity contribution is -0.113. The quantitative estimate of drug-likeness (QED) is 0.666. The third kappa shape index (κ3) is 6.53. The van der Waals surface area contributed by atoms with Gasteiger partial charge in [0.2, 0.25) is 17.0 Å². The van der Waals surface area contributed by atoms with Gasteiger partial charge in [0.15, 0.2) is 11.5 Å². The van der Waals surface area contributed by atoms with Crippen molar-refractivity contribution in [3.05, 3.63) is 47.5 Å². The summed E-state index contributed by atoms with van der Waals surface area (Å²) >= 11 is 7.15. The molecule has 0 aliphatic carbocycles. The largest absolute Gasteiger partial charge is 0.493 e. The molecule has 0 saturated carbocycles. The van der Waals surface area contributed by atoms with E-state index in [1.54, 1.807) is 56.7 Å². The second kappa shape index (κ2) is 10.9. The summed E-state index contributed by atoms with van der Waals surface area (Å²) in [6.07, 6.45) is 0. The molecule has 10 heteroatoms. The molecule has 0 unspecified atom stereocenters. The zero-order chi connectivity index (χ0) is 22.2. The standard InChI is InChI=1S/C21H23ClN4O4S/c1-4-26-12-20(30-16-8-5-14(22)6-9-16)24-21(25-26)31-13-19(27)23-15-7-10-17(28-2)18(11-15)29-3/h5-11H,4,12-13H2,1-3H3,(H,23,27). The first-order valence-corrected chi connectivity index (χ1v) is 10.9. The number of likely N-dealkylation sites (N-methyl/N-ethyl adjacent to an activating group) is 1. The van der Waals surface area contributed by atoms with Gasteiger partial charge in [-0.25, -0.2) is 0 Å². The smallest absolute Gasteiger partial charge is 0.234 e. The minimum absolute atomic E-state index is 0.141. The predicted octanol–water partition coefficient (Wildman–Crippen LogP) is 4.11. The lowest BCUT2D eigenvalue weighted by Crippen LogP contribution is -2.33. The summed E-state index contributed by atoms with van der Waals surface area (Å²) in [7, 11) is 3.10. The van der Waals surface area contributed by atoms with Gasteiger partial charge in [0.05, 0.1) is 20.0 Å². The second-order valence-corrected chi connectivity index (χ2v) is 7.71. The number of anilines is 1. The van der Waals surface area contributed by atoms with E-state index in [4.69, 9.17) is 25.8 Å². The molecule has 1 heterocycles. The molecule has 31 heavy (non-hydrogen) atoms. The summed E-state index contributed by atoms with van der Waals surface area (Å²) in [5.41, 5.74) is 0.610. The van der Waals surface area contributed by atoms with Crippen LogP contribution in [0.25, 0.3) is 0 Å². The maximum atomic E-state index is 12.4. The number of hydrogen-bond donors (Lipinski definition) is 1. The molecular formula is C21H23ClN4O4S. The molecule has 2 aromatic rings. The first kappa shape index (κ1) is 22.8. The van der Waals surface area contributed by atoms with Gasteiger partial charge in [-0.3, -0.25) is 9.80 Å². The number of rotatable bonds is 7. The number of hydrogen-bond acceptors (Lipinski definition) is 8. The molecule has 0 spiro atoms. The van der Waals surface area contributed by atoms with Crippen LogP contribution >= 0.6 is 23.4 Å². The van der Waals surface area contributed by atoms with Gasteiger partial charge < -0.3 is 19.5 Å². The van der Waals surface area contributed by atoms with E-state index in [1.165, 1.54) is 11.8 Å². The van der Waals surface area contributed by atoms with E-state index in [2.05, 4.69) is 15.4 Å². The number of amidine groups is 1. The molecule has 0 atom stereocenters. The highest BCUT2D eigenvalue weighted by Crippen LogP contribution is 2.29. The number of nitrogens with one attached hydrogen (secondary N) is 1. The molecular weight excluding hydrogens is 440 g/mol. The molecule has 1 N–H and O–H groups in total. The molecule has 1 amide bonds. The van der Waals surface area contributed by atoms with Crippen LogP contribution < -0.4 is 19.5 Å². The van der Waals surface area contributed by atoms with E-state index in [0.717, 1.165) is 0 Å². The maximum Gasteiger partial charge on any atom is 0.234 e. The minimum atomic E-state index is -0.191. The van der Waals surface area contributed by atoms with Crippen molar-refractivity contribution in [2.45, 2.75) is 6.92 Å². The lowest BCUT2D eigenvalue weighted by atomic mass is 10.2. The van der Waals surface area contributed by atoms with E-state index < -0.39 is 0 Å². The highest BCUT2D eigenvalue weighted by atomic mass is 35.5. The van der Waals surface area contributed by atoms with Crippen molar-refractivity contribution in [2.24, 2.45) is 10.1 Å². The Bertz CT molecular complexity index is 982. The number of methoxy groups -OCH3 is 2. The SMILES string of the molecule is CCN1CC(Oc2ccc(Cl)cc2)=NC(SCC(=O)Nc2ccc(OC)c(OC)c2)=N1. The number of hydrazone groups is 1. The van der Waals surface area contributed by atoms with Crippen molar-refractivity contribution >= 4 is 46.0 Å². The van der Waals surface area contributed by atoms with Crippen molar-refractivity contribution in [3.63, 3.8) is 0 Å². The average molecular weight is 463 g/mol. The maximum absolute atomic E-state index is 12.4. The molecule has 2 aromatic carbocycles. The third-order valence-electron chi connectivity index (χ3n) is 4.18. The van der Waals surface area contributed by atoms with Crippen molar-refractivity contribution in [1.82, 2.24) is 5.01 Å². The van der Waals surface area contributed by atoms with Gasteiger partial charge in [-0.1, -0.05) is 23.4 Å². The number of aliphatic imine (C=N–C) groups is 1. The Morgan fingerprint density at radius 1 is 1.16 bits per heavy atom. The Hall–Kier alpha value is -2.91. The molecule has 3 rings (SSSR count). The first-order valence-electron chi connectivity index (χ1n) is 9.50. The van der Waals surface area contributed by atoms with Gasteiger partial charge in [-0.2, -0.15) is 4.99 Å². The number of nitrogens with zero attached hydrogens (tertiary/aromatic N) is 3. The number of amides is 1. The van der Waals surface area contributed by atoms with Gasteiger partial charge in [0, 0.05) is 23.3 Å². The molecule has 0 bridgehead atoms. The van der Waals surface area contributed by atoms with Crippen molar-refractivity contribution < 1.29 is 19.0 Å². The number of thioether (sulfide) groups is 1. The Kier molecular flexibility index (Phi) is 8.02.